The number of hydrogen-bond donors (Lipinski definition) is 2. The molecular weight excluding hydrogens is 180 g/mol. The second-order valence-corrected chi connectivity index (χ2v) is 3.12. The third-order valence-electron chi connectivity index (χ3n) is 2.14. The van der Waals surface area contributed by atoms with Crippen LogP contribution in [0.1, 0.15) is 18.2 Å². The monoisotopic (exact) mass is 192 g/mol. The van der Waals surface area contributed by atoms with E-state index < -0.39 is 0 Å². The van der Waals surface area contributed by atoms with Crippen molar-refractivity contribution in [2.24, 2.45) is 5.73 Å². The Labute approximate surface area is 81.2 Å². The summed E-state index contributed by atoms with van der Waals surface area (Å²) < 4.78 is 1.67. The molecule has 14 heavy (non-hydrogen) atoms. The fourth-order valence-electron chi connectivity index (χ4n) is 1.40. The van der Waals surface area contributed by atoms with Crippen LogP contribution < -0.4 is 5.73 Å². The van der Waals surface area contributed by atoms with Crippen molar-refractivity contribution in [2.75, 3.05) is 6.61 Å². The normalized spacial score (nSPS) is 13.3. The summed E-state index contributed by atoms with van der Waals surface area (Å²) in [6, 6.07) is 5.45. The van der Waals surface area contributed by atoms with E-state index in [1.807, 2.05) is 24.4 Å². The lowest BCUT2D eigenvalue weighted by atomic mass is 10.1. The Morgan fingerprint density at radius 1 is 1.50 bits per heavy atom. The van der Waals surface area contributed by atoms with Gasteiger partial charge in [0.2, 0.25) is 0 Å². The first-order chi connectivity index (χ1) is 6.83. The first kappa shape index (κ1) is 9.11. The van der Waals surface area contributed by atoms with Gasteiger partial charge >= 0.3 is 0 Å². The van der Waals surface area contributed by atoms with Gasteiger partial charge in [0.05, 0.1) is 11.6 Å². The van der Waals surface area contributed by atoms with Crippen LogP contribution in [0.5, 0.6) is 0 Å². The molecule has 0 bridgehead atoms. The van der Waals surface area contributed by atoms with Crippen molar-refractivity contribution in [3.05, 3.63) is 30.1 Å². The minimum absolute atomic E-state index is 0.0625. The third kappa shape index (κ3) is 1.47. The van der Waals surface area contributed by atoms with Gasteiger partial charge in [-0.15, -0.1) is 5.10 Å². The van der Waals surface area contributed by atoms with Crippen molar-refractivity contribution in [3.8, 4) is 0 Å². The summed E-state index contributed by atoms with van der Waals surface area (Å²) in [6.45, 7) is 0.0625. The van der Waals surface area contributed by atoms with Crippen molar-refractivity contribution in [3.63, 3.8) is 0 Å². The van der Waals surface area contributed by atoms with Gasteiger partial charge in [0, 0.05) is 12.8 Å². The van der Waals surface area contributed by atoms with Crippen molar-refractivity contribution in [2.45, 2.75) is 12.5 Å². The Kier molecular flexibility index (Phi) is 2.43. The molecule has 0 saturated carbocycles. The van der Waals surface area contributed by atoms with E-state index >= 15 is 0 Å². The van der Waals surface area contributed by atoms with E-state index in [-0.39, 0.29) is 12.6 Å². The van der Waals surface area contributed by atoms with Gasteiger partial charge in [0.25, 0.3) is 0 Å². The van der Waals surface area contributed by atoms with Gasteiger partial charge in [0.1, 0.15) is 5.69 Å². The van der Waals surface area contributed by atoms with Crippen molar-refractivity contribution in [1.82, 2.24) is 14.8 Å². The molecule has 2 aromatic heterocycles. The molecule has 0 aliphatic carbocycles. The average molecular weight is 192 g/mol. The van der Waals surface area contributed by atoms with Gasteiger partial charge in [-0.05, 0) is 18.6 Å². The molecule has 0 aromatic carbocycles. The summed E-state index contributed by atoms with van der Waals surface area (Å²) in [5, 5.41) is 16.7. The summed E-state index contributed by atoms with van der Waals surface area (Å²) >= 11 is 0. The van der Waals surface area contributed by atoms with Crippen LogP contribution in [0.15, 0.2) is 24.4 Å². The van der Waals surface area contributed by atoms with Crippen molar-refractivity contribution < 1.29 is 5.11 Å². The smallest absolute Gasteiger partial charge is 0.107 e. The molecule has 2 heterocycles. The first-order valence-corrected chi connectivity index (χ1v) is 4.49. The second-order valence-electron chi connectivity index (χ2n) is 3.12. The predicted octanol–water partition coefficient (Wildman–Crippen LogP) is 0.111. The van der Waals surface area contributed by atoms with Gasteiger partial charge in [-0.2, -0.15) is 0 Å². The van der Waals surface area contributed by atoms with Crippen LogP contribution in [0.2, 0.25) is 0 Å². The maximum atomic E-state index is 8.77. The van der Waals surface area contributed by atoms with E-state index in [9.17, 15) is 0 Å². The highest BCUT2D eigenvalue weighted by Crippen LogP contribution is 2.16. The minimum atomic E-state index is -0.250. The van der Waals surface area contributed by atoms with E-state index in [1.54, 1.807) is 4.52 Å². The van der Waals surface area contributed by atoms with E-state index in [2.05, 4.69) is 10.3 Å². The SMILES string of the molecule is NC(CCO)c1nnn2ccccc12. The number of hydrogen-bond acceptors (Lipinski definition) is 4. The summed E-state index contributed by atoms with van der Waals surface area (Å²) in [4.78, 5) is 0. The second kappa shape index (κ2) is 3.73. The zero-order valence-corrected chi connectivity index (χ0v) is 7.67. The molecule has 1 atom stereocenters. The van der Waals surface area contributed by atoms with Crippen LogP contribution in [0.3, 0.4) is 0 Å². The first-order valence-electron chi connectivity index (χ1n) is 4.49. The number of nitrogens with two attached hydrogens (primary N) is 1. The standard InChI is InChI=1S/C9H12N4O/c10-7(4-6-14)9-8-3-1-2-5-13(8)12-11-9/h1-3,5,7,14H,4,6,10H2. The molecule has 0 saturated heterocycles. The third-order valence-corrected chi connectivity index (χ3v) is 2.14. The lowest BCUT2D eigenvalue weighted by Gasteiger charge is -2.05. The average Bonchev–Trinajstić information content (AvgIpc) is 2.61. The lowest BCUT2D eigenvalue weighted by Crippen LogP contribution is -2.12. The number of pyridine rings is 1. The summed E-state index contributed by atoms with van der Waals surface area (Å²) in [5.74, 6) is 0. The van der Waals surface area contributed by atoms with Gasteiger partial charge in [-0.25, -0.2) is 4.52 Å². The zero-order chi connectivity index (χ0) is 9.97. The van der Waals surface area contributed by atoms with Crippen LogP contribution >= 0.6 is 0 Å². The molecule has 0 amide bonds. The Bertz CT molecular complexity index is 425. The zero-order valence-electron chi connectivity index (χ0n) is 7.67. The van der Waals surface area contributed by atoms with Crippen LogP contribution in [0, 0.1) is 0 Å². The molecule has 1 unspecified atom stereocenters. The summed E-state index contributed by atoms with van der Waals surface area (Å²) in [6.07, 6.45) is 2.32. The van der Waals surface area contributed by atoms with Crippen LogP contribution in [0.25, 0.3) is 5.52 Å². The lowest BCUT2D eigenvalue weighted by molar-refractivity contribution is 0.276. The number of aromatic nitrogens is 3. The Balaban J connectivity index is 2.42. The summed E-state index contributed by atoms with van der Waals surface area (Å²) in [5.41, 5.74) is 7.47. The molecule has 0 fully saturated rings. The van der Waals surface area contributed by atoms with E-state index in [4.69, 9.17) is 10.8 Å². The summed E-state index contributed by atoms with van der Waals surface area (Å²) in [7, 11) is 0. The molecule has 2 rings (SSSR count). The van der Waals surface area contributed by atoms with Gasteiger partial charge < -0.3 is 10.8 Å². The maximum absolute atomic E-state index is 8.77. The topological polar surface area (TPSA) is 76.4 Å². The quantitative estimate of drug-likeness (QED) is 0.723. The van der Waals surface area contributed by atoms with E-state index in [0.29, 0.717) is 6.42 Å². The molecule has 5 nitrogen and oxygen atoms in total. The molecule has 3 N–H and O–H groups in total. The molecule has 0 spiro atoms. The molecule has 0 radical (unpaired) electrons. The van der Waals surface area contributed by atoms with E-state index in [0.717, 1.165) is 11.2 Å². The number of aliphatic hydroxyl groups excluding tert-OH is 1. The Hall–Kier alpha value is -1.46. The fraction of sp³-hybridized carbons (Fsp3) is 0.333. The van der Waals surface area contributed by atoms with E-state index in [1.165, 1.54) is 0 Å². The minimum Gasteiger partial charge on any atom is -0.396 e. The molecule has 74 valence electrons. The largest absolute Gasteiger partial charge is 0.396 e. The number of aliphatic hydroxyl groups is 1. The highest BCUT2D eigenvalue weighted by Gasteiger charge is 2.12. The van der Waals surface area contributed by atoms with Gasteiger partial charge in [0.15, 0.2) is 0 Å². The number of fused-ring (bicyclic) bond motifs is 1. The van der Waals surface area contributed by atoms with Crippen LogP contribution in [-0.2, 0) is 0 Å². The van der Waals surface area contributed by atoms with Crippen LogP contribution in [-0.4, -0.2) is 26.5 Å². The molecule has 0 aliphatic rings. The number of rotatable bonds is 3. The molecule has 2 aromatic rings. The maximum Gasteiger partial charge on any atom is 0.107 e. The van der Waals surface area contributed by atoms with Crippen LogP contribution in [0.4, 0.5) is 0 Å². The van der Waals surface area contributed by atoms with Gasteiger partial charge in [-0.1, -0.05) is 11.3 Å². The Morgan fingerprint density at radius 3 is 3.14 bits per heavy atom. The molecule has 0 aliphatic heterocycles. The number of nitrogens with zero attached hydrogens (tertiary/aromatic N) is 3. The molecular formula is C9H12N4O. The molecule has 5 heteroatoms. The highest BCUT2D eigenvalue weighted by atomic mass is 16.3. The van der Waals surface area contributed by atoms with Crippen molar-refractivity contribution in [1.29, 1.82) is 0 Å². The Morgan fingerprint density at radius 2 is 2.36 bits per heavy atom. The van der Waals surface area contributed by atoms with Crippen molar-refractivity contribution >= 4 is 5.52 Å². The predicted molar refractivity (Wildman–Crippen MR) is 51.6 cm³/mol. The highest BCUT2D eigenvalue weighted by molar-refractivity contribution is 5.51. The fourth-order valence-corrected chi connectivity index (χ4v) is 1.40. The van der Waals surface area contributed by atoms with Gasteiger partial charge in [-0.3, -0.25) is 0 Å².